The Morgan fingerprint density at radius 2 is 2.00 bits per heavy atom. The van der Waals surface area contributed by atoms with Gasteiger partial charge < -0.3 is 11.1 Å². The zero-order valence-corrected chi connectivity index (χ0v) is 11.5. The Hall–Kier alpha value is -2.08. The molecule has 0 bridgehead atoms. The highest BCUT2D eigenvalue weighted by Crippen LogP contribution is 2.32. The summed E-state index contributed by atoms with van der Waals surface area (Å²) in [5.74, 6) is 0.306. The molecule has 6 heteroatoms. The fourth-order valence-corrected chi connectivity index (χ4v) is 2.18. The first-order valence-corrected chi connectivity index (χ1v) is 6.54. The number of hydrogen-bond acceptors (Lipinski definition) is 3. The third kappa shape index (κ3) is 3.52. The summed E-state index contributed by atoms with van der Waals surface area (Å²) in [5, 5.41) is 3.15. The number of halogens is 3. The zero-order chi connectivity index (χ0) is 15.5. The van der Waals surface area contributed by atoms with E-state index in [1.165, 1.54) is 6.07 Å². The number of nitrogens with two attached hydrogens (primary N) is 1. The maximum atomic E-state index is 12.8. The normalized spacial score (nSPS) is 13.1. The van der Waals surface area contributed by atoms with E-state index < -0.39 is 17.8 Å². The van der Waals surface area contributed by atoms with Crippen molar-refractivity contribution in [2.45, 2.75) is 19.1 Å². The minimum absolute atomic E-state index is 0.306. The van der Waals surface area contributed by atoms with Crippen molar-refractivity contribution in [1.29, 1.82) is 0 Å². The van der Waals surface area contributed by atoms with Crippen molar-refractivity contribution in [3.63, 3.8) is 0 Å². The summed E-state index contributed by atoms with van der Waals surface area (Å²) in [5.41, 5.74) is 6.34. The summed E-state index contributed by atoms with van der Waals surface area (Å²) < 4.78 is 38.5. The van der Waals surface area contributed by atoms with E-state index >= 15 is 0 Å². The number of rotatable bonds is 4. The summed E-state index contributed by atoms with van der Waals surface area (Å²) in [7, 11) is 0. The van der Waals surface area contributed by atoms with Crippen LogP contribution in [0.1, 0.15) is 29.7 Å². The van der Waals surface area contributed by atoms with Gasteiger partial charge in [-0.3, -0.25) is 0 Å². The van der Waals surface area contributed by atoms with E-state index in [1.807, 2.05) is 6.92 Å². The number of nitrogens with zero attached hydrogens (tertiary/aromatic N) is 1. The van der Waals surface area contributed by atoms with E-state index in [0.717, 1.165) is 12.1 Å². The van der Waals surface area contributed by atoms with Crippen LogP contribution < -0.4 is 11.1 Å². The van der Waals surface area contributed by atoms with Crippen LogP contribution in [0.2, 0.25) is 0 Å². The smallest absolute Gasteiger partial charge is 0.383 e. The quantitative estimate of drug-likeness (QED) is 0.909. The summed E-state index contributed by atoms with van der Waals surface area (Å²) >= 11 is 0. The zero-order valence-electron chi connectivity index (χ0n) is 11.5. The van der Waals surface area contributed by atoms with Gasteiger partial charge in [0.25, 0.3) is 0 Å². The number of aromatic nitrogens is 1. The van der Waals surface area contributed by atoms with Crippen LogP contribution in [0.4, 0.5) is 19.0 Å². The molecule has 0 fully saturated rings. The molecule has 0 spiro atoms. The molecule has 2 aromatic rings. The molecule has 0 aliphatic rings. The lowest BCUT2D eigenvalue weighted by molar-refractivity contribution is -0.137. The maximum Gasteiger partial charge on any atom is 0.416 e. The van der Waals surface area contributed by atoms with Crippen LogP contribution in [0.15, 0.2) is 42.6 Å². The number of nitrogen functional groups attached to an aromatic ring is 1. The molecule has 1 aromatic carbocycles. The summed E-state index contributed by atoms with van der Waals surface area (Å²) in [6.45, 7) is 2.47. The van der Waals surface area contributed by atoms with Gasteiger partial charge in [0, 0.05) is 11.8 Å². The molecule has 1 unspecified atom stereocenters. The van der Waals surface area contributed by atoms with Crippen LogP contribution in [-0.4, -0.2) is 11.5 Å². The van der Waals surface area contributed by atoms with Crippen molar-refractivity contribution in [3.8, 4) is 0 Å². The average Bonchev–Trinajstić information content (AvgIpc) is 2.45. The largest absolute Gasteiger partial charge is 0.416 e. The van der Waals surface area contributed by atoms with Gasteiger partial charge in [0.1, 0.15) is 5.82 Å². The highest BCUT2D eigenvalue weighted by atomic mass is 19.4. The van der Waals surface area contributed by atoms with Crippen LogP contribution in [0.3, 0.4) is 0 Å². The fourth-order valence-electron chi connectivity index (χ4n) is 2.18. The molecule has 3 N–H and O–H groups in total. The monoisotopic (exact) mass is 295 g/mol. The van der Waals surface area contributed by atoms with Crippen molar-refractivity contribution < 1.29 is 13.2 Å². The van der Waals surface area contributed by atoms with Crippen LogP contribution in [0.25, 0.3) is 0 Å². The van der Waals surface area contributed by atoms with Gasteiger partial charge in [-0.15, -0.1) is 0 Å². The fraction of sp³-hybridized carbons (Fsp3) is 0.267. The Morgan fingerprint density at radius 1 is 1.24 bits per heavy atom. The van der Waals surface area contributed by atoms with Crippen molar-refractivity contribution in [2.24, 2.45) is 0 Å². The number of alkyl halides is 3. The molecular weight excluding hydrogens is 279 g/mol. The van der Waals surface area contributed by atoms with E-state index in [9.17, 15) is 13.2 Å². The van der Waals surface area contributed by atoms with E-state index in [-0.39, 0.29) is 0 Å². The Morgan fingerprint density at radius 3 is 2.62 bits per heavy atom. The third-order valence-corrected chi connectivity index (χ3v) is 3.14. The SMILES string of the molecule is CCNC(c1cccc(C(F)(F)F)c1)c1cccnc1N. The molecule has 2 rings (SSSR count). The number of hydrogen-bond donors (Lipinski definition) is 2. The van der Waals surface area contributed by atoms with E-state index in [0.29, 0.717) is 23.5 Å². The molecule has 1 aromatic heterocycles. The molecule has 0 amide bonds. The third-order valence-electron chi connectivity index (χ3n) is 3.14. The number of pyridine rings is 1. The molecule has 0 saturated carbocycles. The second-order valence-corrected chi connectivity index (χ2v) is 4.59. The molecule has 0 radical (unpaired) electrons. The topological polar surface area (TPSA) is 50.9 Å². The van der Waals surface area contributed by atoms with Gasteiger partial charge in [0.2, 0.25) is 0 Å². The molecular formula is C15H16F3N3. The predicted octanol–water partition coefficient (Wildman–Crippen LogP) is 3.38. The second-order valence-electron chi connectivity index (χ2n) is 4.59. The van der Waals surface area contributed by atoms with Crippen LogP contribution in [-0.2, 0) is 6.18 Å². The molecule has 1 heterocycles. The Balaban J connectivity index is 2.46. The first-order valence-electron chi connectivity index (χ1n) is 6.54. The number of nitrogens with one attached hydrogen (secondary N) is 1. The van der Waals surface area contributed by atoms with Crippen LogP contribution in [0, 0.1) is 0 Å². The molecule has 0 aliphatic carbocycles. The highest BCUT2D eigenvalue weighted by Gasteiger charge is 2.31. The van der Waals surface area contributed by atoms with Gasteiger partial charge in [0.15, 0.2) is 0 Å². The lowest BCUT2D eigenvalue weighted by Crippen LogP contribution is -2.23. The summed E-state index contributed by atoms with van der Waals surface area (Å²) in [6.07, 6.45) is -2.82. The molecule has 0 saturated heterocycles. The van der Waals surface area contributed by atoms with Crippen molar-refractivity contribution >= 4 is 5.82 Å². The lowest BCUT2D eigenvalue weighted by atomic mass is 9.97. The first kappa shape index (κ1) is 15.3. The molecule has 21 heavy (non-hydrogen) atoms. The standard InChI is InChI=1S/C15H16F3N3/c1-2-20-13(12-7-4-8-21-14(12)19)10-5-3-6-11(9-10)15(16,17)18/h3-9,13,20H,2H2,1H3,(H2,19,21). The molecule has 0 aliphatic heterocycles. The predicted molar refractivity (Wildman–Crippen MR) is 75.6 cm³/mol. The Bertz CT molecular complexity index is 611. The summed E-state index contributed by atoms with van der Waals surface area (Å²) in [6, 6.07) is 8.29. The van der Waals surface area contributed by atoms with Gasteiger partial charge in [-0.2, -0.15) is 13.2 Å². The minimum atomic E-state index is -4.37. The second kappa shape index (κ2) is 6.13. The average molecular weight is 295 g/mol. The summed E-state index contributed by atoms with van der Waals surface area (Å²) in [4.78, 5) is 3.99. The van der Waals surface area contributed by atoms with Gasteiger partial charge >= 0.3 is 6.18 Å². The van der Waals surface area contributed by atoms with Crippen molar-refractivity contribution in [2.75, 3.05) is 12.3 Å². The van der Waals surface area contributed by atoms with Crippen molar-refractivity contribution in [1.82, 2.24) is 10.3 Å². The Kier molecular flexibility index (Phi) is 4.47. The Labute approximate surface area is 121 Å². The molecule has 1 atom stereocenters. The van der Waals surface area contributed by atoms with E-state index in [2.05, 4.69) is 10.3 Å². The van der Waals surface area contributed by atoms with Gasteiger partial charge in [-0.05, 0) is 30.3 Å². The van der Waals surface area contributed by atoms with Gasteiger partial charge in [0.05, 0.1) is 11.6 Å². The molecule has 112 valence electrons. The number of benzene rings is 1. The van der Waals surface area contributed by atoms with Crippen molar-refractivity contribution in [3.05, 3.63) is 59.3 Å². The lowest BCUT2D eigenvalue weighted by Gasteiger charge is -2.21. The molecule has 3 nitrogen and oxygen atoms in total. The van der Waals surface area contributed by atoms with Crippen LogP contribution >= 0.6 is 0 Å². The van der Waals surface area contributed by atoms with Gasteiger partial charge in [-0.1, -0.05) is 25.1 Å². The van der Waals surface area contributed by atoms with E-state index in [4.69, 9.17) is 5.73 Å². The minimum Gasteiger partial charge on any atom is -0.383 e. The maximum absolute atomic E-state index is 12.8. The number of anilines is 1. The van der Waals surface area contributed by atoms with E-state index in [1.54, 1.807) is 24.4 Å². The first-order chi connectivity index (χ1) is 9.93. The van der Waals surface area contributed by atoms with Crippen LogP contribution in [0.5, 0.6) is 0 Å². The van der Waals surface area contributed by atoms with Gasteiger partial charge in [-0.25, -0.2) is 4.98 Å². The highest BCUT2D eigenvalue weighted by molar-refractivity contribution is 5.46.